The first-order valence-electron chi connectivity index (χ1n) is 14.2. The van der Waals surface area contributed by atoms with E-state index in [1.165, 1.54) is 44.2 Å². The largest absolute Gasteiger partial charge is 0.301 e. The van der Waals surface area contributed by atoms with Gasteiger partial charge < -0.3 is 10.9 Å². The third-order valence-corrected chi connectivity index (χ3v) is 7.20. The quantitative estimate of drug-likeness (QED) is 0.205. The van der Waals surface area contributed by atoms with Crippen molar-refractivity contribution in [1.29, 1.82) is 0 Å². The molecule has 0 radical (unpaired) electrons. The maximum atomic E-state index is 3.25. The summed E-state index contributed by atoms with van der Waals surface area (Å²) >= 11 is 0. The molecule has 2 heteroatoms. The highest BCUT2D eigenvalue weighted by atomic mass is 15.4. The van der Waals surface area contributed by atoms with Crippen molar-refractivity contribution in [3.63, 3.8) is 0 Å². The van der Waals surface area contributed by atoms with Gasteiger partial charge in [-0.3, -0.25) is 0 Å². The zero-order chi connectivity index (χ0) is 28.4. The van der Waals surface area contributed by atoms with E-state index in [-0.39, 0.29) is 0 Å². The van der Waals surface area contributed by atoms with Gasteiger partial charge in [-0.05, 0) is 57.0 Å². The Morgan fingerprint density at radius 3 is 1.36 bits per heavy atom. The normalized spacial score (nSPS) is 10.4. The molecule has 42 heavy (non-hydrogen) atoms. The van der Waals surface area contributed by atoms with Gasteiger partial charge in [0.1, 0.15) is 0 Å². The Morgan fingerprint density at radius 2 is 0.762 bits per heavy atom. The predicted octanol–water partition coefficient (Wildman–Crippen LogP) is 11.0. The van der Waals surface area contributed by atoms with Crippen molar-refractivity contribution in [3.05, 3.63) is 182 Å². The number of fused-ring (bicyclic) bond motifs is 1. The van der Waals surface area contributed by atoms with Gasteiger partial charge in [0.2, 0.25) is 0 Å². The molecular weight excluding hydrogens is 508 g/mol. The van der Waals surface area contributed by atoms with Crippen LogP contribution in [-0.2, 0) is 0 Å². The Labute approximate surface area is 247 Å². The van der Waals surface area contributed by atoms with Crippen LogP contribution >= 0.6 is 0 Å². The number of para-hydroxylation sites is 1. The molecule has 7 aromatic carbocycles. The van der Waals surface area contributed by atoms with Crippen LogP contribution in [0.2, 0.25) is 0 Å². The second-order valence-corrected chi connectivity index (χ2v) is 9.97. The summed E-state index contributed by atoms with van der Waals surface area (Å²) < 4.78 is 0. The smallest absolute Gasteiger partial charge is 0.0618 e. The molecule has 2 nitrogen and oxygen atoms in total. The molecule has 0 saturated heterocycles. The number of hydrazine groups is 1. The van der Waals surface area contributed by atoms with E-state index in [0.717, 1.165) is 11.4 Å². The molecule has 0 unspecified atom stereocenters. The summed E-state index contributed by atoms with van der Waals surface area (Å²) in [5, 5.41) is 2.45. The fourth-order valence-corrected chi connectivity index (χ4v) is 5.18. The summed E-state index contributed by atoms with van der Waals surface area (Å²) in [6.07, 6.45) is 0. The summed E-state index contributed by atoms with van der Waals surface area (Å²) in [7, 11) is 0. The number of benzene rings is 7. The minimum absolute atomic E-state index is 1.05. The molecule has 0 bridgehead atoms. The standard InChI is InChI=1S/C24H18.C16H14N2/c1-4-11-19(12-5-1)22-17-10-18-23(20-13-6-2-7-14-20)24(22)21-15-8-3-9-16-21;1-2-9-14(10-3-1)17-18-16-12-6-8-13-7-4-5-11-15(13)16/h1-18H;1-12,17-18H. The van der Waals surface area contributed by atoms with Crippen LogP contribution in [0.15, 0.2) is 182 Å². The van der Waals surface area contributed by atoms with E-state index in [9.17, 15) is 0 Å². The molecule has 2 N–H and O–H groups in total. The Bertz CT molecular complexity index is 1790. The molecule has 0 aromatic heterocycles. The Hall–Kier alpha value is -5.60. The summed E-state index contributed by atoms with van der Waals surface area (Å²) in [5.74, 6) is 0. The van der Waals surface area contributed by atoms with Crippen LogP contribution in [0.5, 0.6) is 0 Å². The maximum Gasteiger partial charge on any atom is 0.0618 e. The minimum Gasteiger partial charge on any atom is -0.301 e. The van der Waals surface area contributed by atoms with Gasteiger partial charge in [0.25, 0.3) is 0 Å². The van der Waals surface area contributed by atoms with Crippen molar-refractivity contribution in [2.75, 3.05) is 10.9 Å². The molecular formula is C40H32N2. The molecule has 0 aliphatic heterocycles. The van der Waals surface area contributed by atoms with Gasteiger partial charge in [0, 0.05) is 5.39 Å². The highest BCUT2D eigenvalue weighted by Crippen LogP contribution is 2.39. The van der Waals surface area contributed by atoms with Gasteiger partial charge in [0.15, 0.2) is 0 Å². The molecule has 0 heterocycles. The first kappa shape index (κ1) is 26.6. The van der Waals surface area contributed by atoms with Crippen LogP contribution in [0.4, 0.5) is 11.4 Å². The lowest BCUT2D eigenvalue weighted by Gasteiger charge is -2.16. The van der Waals surface area contributed by atoms with Crippen LogP contribution < -0.4 is 10.9 Å². The molecule has 0 spiro atoms. The van der Waals surface area contributed by atoms with Crippen molar-refractivity contribution < 1.29 is 0 Å². The van der Waals surface area contributed by atoms with E-state index in [1.54, 1.807) is 0 Å². The van der Waals surface area contributed by atoms with E-state index in [0.29, 0.717) is 0 Å². The molecule has 0 fully saturated rings. The summed E-state index contributed by atoms with van der Waals surface area (Å²) in [4.78, 5) is 0. The van der Waals surface area contributed by atoms with Gasteiger partial charge in [-0.1, -0.05) is 164 Å². The average Bonchev–Trinajstić information content (AvgIpc) is 3.09. The molecule has 7 rings (SSSR count). The third-order valence-electron chi connectivity index (χ3n) is 7.20. The molecule has 202 valence electrons. The van der Waals surface area contributed by atoms with Crippen molar-refractivity contribution in [2.24, 2.45) is 0 Å². The molecule has 0 saturated carbocycles. The molecule has 0 aliphatic rings. The first-order chi connectivity index (χ1) is 20.9. The Balaban J connectivity index is 0.000000157. The molecule has 0 atom stereocenters. The van der Waals surface area contributed by atoms with Crippen molar-refractivity contribution in [1.82, 2.24) is 0 Å². The van der Waals surface area contributed by atoms with E-state index in [1.807, 2.05) is 30.3 Å². The van der Waals surface area contributed by atoms with Crippen molar-refractivity contribution in [3.8, 4) is 33.4 Å². The topological polar surface area (TPSA) is 24.1 Å². The summed E-state index contributed by atoms with van der Waals surface area (Å²) in [5.41, 5.74) is 16.1. The maximum absolute atomic E-state index is 3.25. The van der Waals surface area contributed by atoms with Crippen LogP contribution in [0.25, 0.3) is 44.2 Å². The molecule has 7 aromatic rings. The zero-order valence-corrected chi connectivity index (χ0v) is 23.3. The fraction of sp³-hybridized carbons (Fsp3) is 0. The number of hydrogen-bond donors (Lipinski definition) is 2. The van der Waals surface area contributed by atoms with Crippen LogP contribution in [0.3, 0.4) is 0 Å². The van der Waals surface area contributed by atoms with E-state index < -0.39 is 0 Å². The number of hydrogen-bond acceptors (Lipinski definition) is 2. The minimum atomic E-state index is 1.05. The van der Waals surface area contributed by atoms with Crippen molar-refractivity contribution >= 4 is 22.1 Å². The number of anilines is 2. The van der Waals surface area contributed by atoms with Crippen LogP contribution in [-0.4, -0.2) is 0 Å². The van der Waals surface area contributed by atoms with Gasteiger partial charge in [-0.2, -0.15) is 0 Å². The lowest BCUT2D eigenvalue weighted by Crippen LogP contribution is -2.08. The lowest BCUT2D eigenvalue weighted by atomic mass is 9.88. The van der Waals surface area contributed by atoms with Crippen LogP contribution in [0.1, 0.15) is 0 Å². The van der Waals surface area contributed by atoms with Crippen molar-refractivity contribution in [2.45, 2.75) is 0 Å². The average molecular weight is 541 g/mol. The monoisotopic (exact) mass is 540 g/mol. The van der Waals surface area contributed by atoms with Gasteiger partial charge in [-0.25, -0.2) is 0 Å². The Morgan fingerprint density at radius 1 is 0.310 bits per heavy atom. The zero-order valence-electron chi connectivity index (χ0n) is 23.3. The van der Waals surface area contributed by atoms with Crippen LogP contribution in [0, 0.1) is 0 Å². The number of rotatable bonds is 6. The summed E-state index contributed by atoms with van der Waals surface area (Å²) in [6.45, 7) is 0. The number of nitrogens with one attached hydrogen (secondary N) is 2. The van der Waals surface area contributed by atoms with Gasteiger partial charge in [0.05, 0.1) is 11.4 Å². The van der Waals surface area contributed by atoms with E-state index in [2.05, 4.69) is 163 Å². The highest BCUT2D eigenvalue weighted by molar-refractivity contribution is 5.95. The van der Waals surface area contributed by atoms with E-state index in [4.69, 9.17) is 0 Å². The lowest BCUT2D eigenvalue weighted by molar-refractivity contribution is 1.43. The SMILES string of the molecule is c1ccc(-c2cccc(-c3ccccc3)c2-c2ccccc2)cc1.c1ccc(NNc2cccc3ccccc23)cc1. The second kappa shape index (κ2) is 13.2. The summed E-state index contributed by atoms with van der Waals surface area (Å²) in [6, 6.07) is 63.1. The Kier molecular flexibility index (Phi) is 8.34. The molecule has 0 aliphatic carbocycles. The fourth-order valence-electron chi connectivity index (χ4n) is 5.18. The van der Waals surface area contributed by atoms with Gasteiger partial charge >= 0.3 is 0 Å². The predicted molar refractivity (Wildman–Crippen MR) is 180 cm³/mol. The van der Waals surface area contributed by atoms with Gasteiger partial charge in [-0.15, -0.1) is 0 Å². The second-order valence-electron chi connectivity index (χ2n) is 9.97. The first-order valence-corrected chi connectivity index (χ1v) is 14.2. The van der Waals surface area contributed by atoms with E-state index >= 15 is 0 Å². The highest BCUT2D eigenvalue weighted by Gasteiger charge is 2.13. The third kappa shape index (κ3) is 6.24. The molecule has 0 amide bonds.